The fourth-order valence-electron chi connectivity index (χ4n) is 2.61. The maximum absolute atomic E-state index is 12.5. The van der Waals surface area contributed by atoms with Crippen LogP contribution in [0.5, 0.6) is 0 Å². The molecule has 2 aromatic heterocycles. The first kappa shape index (κ1) is 15.7. The molecule has 0 saturated carbocycles. The molecule has 1 atom stereocenters. The van der Waals surface area contributed by atoms with E-state index in [2.05, 4.69) is 10.1 Å². The average Bonchev–Trinajstić information content (AvgIpc) is 2.89. The molecule has 0 N–H and O–H groups in total. The summed E-state index contributed by atoms with van der Waals surface area (Å²) in [4.78, 5) is 17.2. The number of rotatable bonds is 3. The molecular weight excluding hydrogens is 304 g/mol. The summed E-state index contributed by atoms with van der Waals surface area (Å²) < 4.78 is 6.82. The number of aryl methyl sites for hydroxylation is 2. The zero-order chi connectivity index (χ0) is 17.3. The molecule has 1 aromatic carbocycles. The number of esters is 1. The van der Waals surface area contributed by atoms with Gasteiger partial charge in [-0.2, -0.15) is 10.4 Å². The van der Waals surface area contributed by atoms with Crippen molar-refractivity contribution in [2.24, 2.45) is 7.05 Å². The van der Waals surface area contributed by atoms with Gasteiger partial charge in [0, 0.05) is 12.6 Å². The molecule has 0 amide bonds. The number of benzene rings is 1. The smallest absolute Gasteiger partial charge is 0.340 e. The molecule has 0 spiro atoms. The van der Waals surface area contributed by atoms with Crippen molar-refractivity contribution in [3.05, 3.63) is 47.7 Å². The number of ether oxygens (including phenoxy) is 1. The predicted octanol–water partition coefficient (Wildman–Crippen LogP) is 3.01. The summed E-state index contributed by atoms with van der Waals surface area (Å²) in [5.74, 6) is -0.551. The Morgan fingerprint density at radius 1 is 1.33 bits per heavy atom. The molecular formula is C18H16N4O2. The highest BCUT2D eigenvalue weighted by molar-refractivity contribution is 6.05. The van der Waals surface area contributed by atoms with Crippen LogP contribution in [0.3, 0.4) is 0 Å². The Balaban J connectivity index is 2.22. The molecule has 3 aromatic rings. The Labute approximate surface area is 139 Å². The van der Waals surface area contributed by atoms with Gasteiger partial charge in [0.15, 0.2) is 11.8 Å². The molecule has 0 aliphatic carbocycles. The summed E-state index contributed by atoms with van der Waals surface area (Å²) >= 11 is 0. The fraction of sp³-hybridized carbons (Fsp3) is 0.222. The Hall–Kier alpha value is -3.20. The monoisotopic (exact) mass is 320 g/mol. The van der Waals surface area contributed by atoms with E-state index in [0.29, 0.717) is 28.0 Å². The van der Waals surface area contributed by atoms with Crippen molar-refractivity contribution >= 4 is 17.0 Å². The summed E-state index contributed by atoms with van der Waals surface area (Å²) in [6.07, 6.45) is -0.821. The second-order valence-electron chi connectivity index (χ2n) is 5.51. The first-order valence-corrected chi connectivity index (χ1v) is 7.51. The zero-order valence-corrected chi connectivity index (χ0v) is 13.6. The summed E-state index contributed by atoms with van der Waals surface area (Å²) in [6, 6.07) is 13.2. The lowest BCUT2D eigenvalue weighted by Gasteiger charge is -2.09. The molecule has 24 heavy (non-hydrogen) atoms. The van der Waals surface area contributed by atoms with Gasteiger partial charge in [-0.1, -0.05) is 30.3 Å². The number of carbonyl (C=O) groups is 1. The summed E-state index contributed by atoms with van der Waals surface area (Å²) in [6.45, 7) is 3.35. The SMILES string of the molecule is Cc1nn(C)c2nc(-c3ccccc3)cc(C(=O)OC(C)C#N)c12. The van der Waals surface area contributed by atoms with E-state index in [-0.39, 0.29) is 0 Å². The first-order chi connectivity index (χ1) is 11.5. The van der Waals surface area contributed by atoms with Gasteiger partial charge >= 0.3 is 5.97 Å². The second-order valence-corrected chi connectivity index (χ2v) is 5.51. The van der Waals surface area contributed by atoms with Gasteiger partial charge in [-0.25, -0.2) is 9.78 Å². The lowest BCUT2D eigenvalue weighted by Crippen LogP contribution is -2.14. The van der Waals surface area contributed by atoms with Crippen molar-refractivity contribution < 1.29 is 9.53 Å². The van der Waals surface area contributed by atoms with E-state index in [9.17, 15) is 4.79 Å². The number of nitrogens with zero attached hydrogens (tertiary/aromatic N) is 4. The lowest BCUT2D eigenvalue weighted by molar-refractivity contribution is 0.0438. The van der Waals surface area contributed by atoms with Crippen molar-refractivity contribution in [3.8, 4) is 17.3 Å². The third-order valence-corrected chi connectivity index (χ3v) is 3.72. The van der Waals surface area contributed by atoms with Crippen molar-refractivity contribution in [1.82, 2.24) is 14.8 Å². The molecule has 3 rings (SSSR count). The molecule has 1 unspecified atom stereocenters. The van der Waals surface area contributed by atoms with Gasteiger partial charge in [0.2, 0.25) is 0 Å². The normalized spacial score (nSPS) is 11.9. The topological polar surface area (TPSA) is 80.8 Å². The van der Waals surface area contributed by atoms with Gasteiger partial charge in [0.1, 0.15) is 6.07 Å². The van der Waals surface area contributed by atoms with Crippen molar-refractivity contribution in [3.63, 3.8) is 0 Å². The van der Waals surface area contributed by atoms with E-state index in [1.165, 1.54) is 6.92 Å². The number of aromatic nitrogens is 3. The van der Waals surface area contributed by atoms with Gasteiger partial charge in [-0.15, -0.1) is 0 Å². The van der Waals surface area contributed by atoms with Gasteiger partial charge in [-0.3, -0.25) is 4.68 Å². The summed E-state index contributed by atoms with van der Waals surface area (Å²) in [5, 5.41) is 13.9. The van der Waals surface area contributed by atoms with Crippen LogP contribution >= 0.6 is 0 Å². The molecule has 0 saturated heterocycles. The van der Waals surface area contributed by atoms with E-state index in [1.807, 2.05) is 43.3 Å². The molecule has 0 radical (unpaired) electrons. The summed E-state index contributed by atoms with van der Waals surface area (Å²) in [7, 11) is 1.78. The highest BCUT2D eigenvalue weighted by Crippen LogP contribution is 2.27. The van der Waals surface area contributed by atoms with Crippen LogP contribution in [0.15, 0.2) is 36.4 Å². The molecule has 0 bridgehead atoms. The average molecular weight is 320 g/mol. The Morgan fingerprint density at radius 2 is 2.04 bits per heavy atom. The van der Waals surface area contributed by atoms with Gasteiger partial charge < -0.3 is 4.74 Å². The minimum Gasteiger partial charge on any atom is -0.444 e. The van der Waals surface area contributed by atoms with E-state index in [0.717, 1.165) is 5.56 Å². The Bertz CT molecular complexity index is 955. The van der Waals surface area contributed by atoms with Crippen LogP contribution in [-0.4, -0.2) is 26.8 Å². The van der Waals surface area contributed by atoms with Gasteiger partial charge in [0.05, 0.1) is 22.3 Å². The standard InChI is InChI=1S/C18H16N4O2/c1-11(10-19)24-18(23)14-9-15(13-7-5-4-6-8-13)20-17-16(14)12(2)21-22(17)3/h4-9,11H,1-3H3. The molecule has 0 aliphatic heterocycles. The van der Waals surface area contributed by atoms with Gasteiger partial charge in [0.25, 0.3) is 0 Å². The molecule has 120 valence electrons. The van der Waals surface area contributed by atoms with Crippen molar-refractivity contribution in [1.29, 1.82) is 5.26 Å². The Kier molecular flexibility index (Phi) is 4.00. The lowest BCUT2D eigenvalue weighted by atomic mass is 10.1. The van der Waals surface area contributed by atoms with Gasteiger partial charge in [-0.05, 0) is 19.9 Å². The highest BCUT2D eigenvalue weighted by atomic mass is 16.5. The predicted molar refractivity (Wildman–Crippen MR) is 89.2 cm³/mol. The van der Waals surface area contributed by atoms with Crippen LogP contribution in [0.4, 0.5) is 0 Å². The maximum Gasteiger partial charge on any atom is 0.340 e. The first-order valence-electron chi connectivity index (χ1n) is 7.51. The molecule has 6 nitrogen and oxygen atoms in total. The van der Waals surface area contributed by atoms with Crippen LogP contribution in [0.25, 0.3) is 22.3 Å². The molecule has 6 heteroatoms. The molecule has 2 heterocycles. The molecule has 0 aliphatic rings. The van der Waals surface area contributed by atoms with Crippen LogP contribution in [0.1, 0.15) is 23.0 Å². The number of hydrogen-bond donors (Lipinski definition) is 0. The number of nitriles is 1. The quantitative estimate of drug-likeness (QED) is 0.693. The van der Waals surface area contributed by atoms with E-state index in [1.54, 1.807) is 17.8 Å². The van der Waals surface area contributed by atoms with E-state index in [4.69, 9.17) is 10.00 Å². The van der Waals surface area contributed by atoms with E-state index >= 15 is 0 Å². The fourth-order valence-corrected chi connectivity index (χ4v) is 2.61. The summed E-state index contributed by atoms with van der Waals surface area (Å²) in [5.41, 5.74) is 3.21. The molecule has 0 fully saturated rings. The zero-order valence-electron chi connectivity index (χ0n) is 13.6. The number of pyridine rings is 1. The van der Waals surface area contributed by atoms with Crippen molar-refractivity contribution in [2.45, 2.75) is 20.0 Å². The third-order valence-electron chi connectivity index (χ3n) is 3.72. The number of fused-ring (bicyclic) bond motifs is 1. The maximum atomic E-state index is 12.5. The van der Waals surface area contributed by atoms with Crippen LogP contribution in [-0.2, 0) is 11.8 Å². The van der Waals surface area contributed by atoms with Crippen LogP contribution < -0.4 is 0 Å². The highest BCUT2D eigenvalue weighted by Gasteiger charge is 2.21. The Morgan fingerprint density at radius 3 is 2.71 bits per heavy atom. The minimum atomic E-state index is -0.821. The number of carbonyl (C=O) groups excluding carboxylic acids is 1. The largest absolute Gasteiger partial charge is 0.444 e. The second kappa shape index (κ2) is 6.13. The van der Waals surface area contributed by atoms with E-state index < -0.39 is 12.1 Å². The van der Waals surface area contributed by atoms with Crippen LogP contribution in [0.2, 0.25) is 0 Å². The third kappa shape index (κ3) is 2.72. The minimum absolute atomic E-state index is 0.367. The van der Waals surface area contributed by atoms with Crippen molar-refractivity contribution in [2.75, 3.05) is 0 Å². The van der Waals surface area contributed by atoms with Crippen LogP contribution in [0, 0.1) is 18.3 Å². The number of hydrogen-bond acceptors (Lipinski definition) is 5.